The fourth-order valence-electron chi connectivity index (χ4n) is 2.36. The molecule has 0 fully saturated rings. The van der Waals surface area contributed by atoms with E-state index in [9.17, 15) is 4.79 Å². The maximum absolute atomic E-state index is 12.5. The van der Waals surface area contributed by atoms with Gasteiger partial charge in [0.2, 0.25) is 11.1 Å². The van der Waals surface area contributed by atoms with E-state index in [4.69, 9.17) is 4.74 Å². The Bertz CT molecular complexity index is 912. The third kappa shape index (κ3) is 4.02. The summed E-state index contributed by atoms with van der Waals surface area (Å²) in [5, 5.41) is 14.9. The first-order chi connectivity index (χ1) is 12.6. The molecular weight excluding hydrogens is 350 g/mol. The second-order valence-corrected chi connectivity index (χ2v) is 6.95. The van der Waals surface area contributed by atoms with Gasteiger partial charge < -0.3 is 10.1 Å². The zero-order valence-corrected chi connectivity index (χ0v) is 15.5. The van der Waals surface area contributed by atoms with Crippen LogP contribution in [0, 0.1) is 6.92 Å². The molecule has 0 saturated carbocycles. The van der Waals surface area contributed by atoms with Gasteiger partial charge in [0.05, 0.1) is 18.0 Å². The van der Waals surface area contributed by atoms with Gasteiger partial charge >= 0.3 is 0 Å². The number of carbonyl (C=O) groups excluding carboxylic acids is 1. The van der Waals surface area contributed by atoms with Crippen molar-refractivity contribution in [2.45, 2.75) is 24.3 Å². The van der Waals surface area contributed by atoms with Crippen molar-refractivity contribution in [2.24, 2.45) is 0 Å². The second-order valence-electron chi connectivity index (χ2n) is 5.64. The molecule has 1 amide bonds. The molecule has 0 aliphatic carbocycles. The average molecular weight is 369 g/mol. The number of benzene rings is 2. The predicted molar refractivity (Wildman–Crippen MR) is 101 cm³/mol. The van der Waals surface area contributed by atoms with Gasteiger partial charge in [0.15, 0.2) is 0 Å². The molecule has 26 heavy (non-hydrogen) atoms. The third-order valence-corrected chi connectivity index (χ3v) is 4.81. The first-order valence-corrected chi connectivity index (χ1v) is 8.92. The summed E-state index contributed by atoms with van der Waals surface area (Å²) in [6.45, 7) is 3.81. The van der Waals surface area contributed by atoms with Crippen molar-refractivity contribution in [3.63, 3.8) is 0 Å². The highest BCUT2D eigenvalue weighted by Gasteiger charge is 2.20. The number of anilines is 1. The Morgan fingerprint density at radius 3 is 2.81 bits per heavy atom. The zero-order valence-electron chi connectivity index (χ0n) is 14.7. The number of hydrogen-bond donors (Lipinski definition) is 1. The molecular formula is C18H19N5O2S. The van der Waals surface area contributed by atoms with Crippen LogP contribution in [0.5, 0.6) is 5.75 Å². The van der Waals surface area contributed by atoms with Crippen LogP contribution in [0.2, 0.25) is 0 Å². The molecule has 7 nitrogen and oxygen atoms in total. The lowest BCUT2D eigenvalue weighted by Crippen LogP contribution is -2.23. The normalized spacial score (nSPS) is 11.8. The van der Waals surface area contributed by atoms with Crippen molar-refractivity contribution in [2.75, 3.05) is 12.4 Å². The van der Waals surface area contributed by atoms with Crippen LogP contribution >= 0.6 is 11.8 Å². The average Bonchev–Trinajstić information content (AvgIpc) is 3.10. The smallest absolute Gasteiger partial charge is 0.237 e. The number of nitrogens with one attached hydrogen (secondary N) is 1. The molecule has 3 aromatic rings. The number of hydrogen-bond acceptors (Lipinski definition) is 6. The molecule has 3 rings (SSSR count). The van der Waals surface area contributed by atoms with Gasteiger partial charge in [0.1, 0.15) is 5.75 Å². The lowest BCUT2D eigenvalue weighted by molar-refractivity contribution is -0.115. The van der Waals surface area contributed by atoms with Gasteiger partial charge in [-0.25, -0.2) is 0 Å². The molecule has 8 heteroatoms. The Morgan fingerprint density at radius 2 is 2.04 bits per heavy atom. The number of ether oxygens (including phenoxy) is 1. The lowest BCUT2D eigenvalue weighted by atomic mass is 10.2. The van der Waals surface area contributed by atoms with E-state index < -0.39 is 0 Å². The van der Waals surface area contributed by atoms with Crippen LogP contribution in [0.1, 0.15) is 12.5 Å². The standard InChI is InChI=1S/C18H19N5O2S/c1-12-7-4-5-10-16(12)23-18(20-21-22-23)26-13(2)17(24)19-14-8-6-9-15(11-14)25-3/h4-11,13H,1-3H3,(H,19,24)/t13-/m0/s1. The van der Waals surface area contributed by atoms with Crippen LogP contribution in [0.25, 0.3) is 5.69 Å². The highest BCUT2D eigenvalue weighted by atomic mass is 32.2. The van der Waals surface area contributed by atoms with Crippen molar-refractivity contribution < 1.29 is 9.53 Å². The topological polar surface area (TPSA) is 81.9 Å². The molecule has 1 aromatic heterocycles. The van der Waals surface area contributed by atoms with Crippen molar-refractivity contribution in [3.05, 3.63) is 54.1 Å². The van der Waals surface area contributed by atoms with E-state index in [1.165, 1.54) is 11.8 Å². The molecule has 0 aliphatic rings. The first kappa shape index (κ1) is 17.9. The number of tetrazole rings is 1. The maximum atomic E-state index is 12.5. The monoisotopic (exact) mass is 369 g/mol. The van der Waals surface area contributed by atoms with Crippen LogP contribution < -0.4 is 10.1 Å². The summed E-state index contributed by atoms with van der Waals surface area (Å²) in [5.41, 5.74) is 2.62. The molecule has 0 bridgehead atoms. The molecule has 1 N–H and O–H groups in total. The highest BCUT2D eigenvalue weighted by Crippen LogP contribution is 2.25. The Morgan fingerprint density at radius 1 is 1.23 bits per heavy atom. The Hall–Kier alpha value is -2.87. The lowest BCUT2D eigenvalue weighted by Gasteiger charge is -2.13. The Labute approximate surface area is 155 Å². The minimum absolute atomic E-state index is 0.136. The van der Waals surface area contributed by atoms with Crippen LogP contribution in [0.4, 0.5) is 5.69 Å². The number of rotatable bonds is 6. The van der Waals surface area contributed by atoms with Gasteiger partial charge in [-0.3, -0.25) is 4.79 Å². The first-order valence-electron chi connectivity index (χ1n) is 8.04. The van der Waals surface area contributed by atoms with E-state index in [0.29, 0.717) is 16.6 Å². The van der Waals surface area contributed by atoms with Gasteiger partial charge in [-0.15, -0.1) is 5.10 Å². The Balaban J connectivity index is 1.72. The number of amides is 1. The summed E-state index contributed by atoms with van der Waals surface area (Å²) in [7, 11) is 1.59. The second kappa shape index (κ2) is 8.01. The number of para-hydroxylation sites is 1. The van der Waals surface area contributed by atoms with Gasteiger partial charge in [-0.05, 0) is 48.0 Å². The summed E-state index contributed by atoms with van der Waals surface area (Å²) < 4.78 is 6.82. The number of carbonyl (C=O) groups is 1. The molecule has 0 aliphatic heterocycles. The largest absolute Gasteiger partial charge is 0.497 e. The van der Waals surface area contributed by atoms with Crippen molar-refractivity contribution in [3.8, 4) is 11.4 Å². The predicted octanol–water partition coefficient (Wildman–Crippen LogP) is 3.10. The molecule has 0 radical (unpaired) electrons. The van der Waals surface area contributed by atoms with Crippen LogP contribution in [-0.2, 0) is 4.79 Å². The molecule has 1 heterocycles. The van der Waals surface area contributed by atoms with E-state index >= 15 is 0 Å². The van der Waals surface area contributed by atoms with Crippen LogP contribution in [-0.4, -0.2) is 38.5 Å². The quantitative estimate of drug-likeness (QED) is 0.673. The highest BCUT2D eigenvalue weighted by molar-refractivity contribution is 8.00. The van der Waals surface area contributed by atoms with Gasteiger partial charge in [0, 0.05) is 11.8 Å². The molecule has 0 spiro atoms. The molecule has 0 unspecified atom stereocenters. The number of methoxy groups -OCH3 is 1. The van der Waals surface area contributed by atoms with E-state index in [0.717, 1.165) is 11.3 Å². The fourth-order valence-corrected chi connectivity index (χ4v) is 3.16. The van der Waals surface area contributed by atoms with Crippen LogP contribution in [0.15, 0.2) is 53.7 Å². The molecule has 2 aromatic carbocycles. The zero-order chi connectivity index (χ0) is 18.5. The fraction of sp³-hybridized carbons (Fsp3) is 0.222. The Kier molecular flexibility index (Phi) is 5.52. The molecule has 1 atom stereocenters. The van der Waals surface area contributed by atoms with E-state index in [2.05, 4.69) is 20.8 Å². The number of thioether (sulfide) groups is 1. The molecule has 0 saturated heterocycles. The SMILES string of the molecule is COc1cccc(NC(=O)[C@H](C)Sc2nnnn2-c2ccccc2C)c1. The number of nitrogens with zero attached hydrogens (tertiary/aromatic N) is 4. The summed E-state index contributed by atoms with van der Waals surface area (Å²) in [4.78, 5) is 12.5. The summed E-state index contributed by atoms with van der Waals surface area (Å²) in [5.74, 6) is 0.550. The van der Waals surface area contributed by atoms with E-state index in [-0.39, 0.29) is 11.2 Å². The minimum atomic E-state index is -0.380. The number of aromatic nitrogens is 4. The maximum Gasteiger partial charge on any atom is 0.237 e. The van der Waals surface area contributed by atoms with E-state index in [1.807, 2.05) is 56.3 Å². The van der Waals surface area contributed by atoms with Crippen LogP contribution in [0.3, 0.4) is 0 Å². The van der Waals surface area contributed by atoms with Crippen molar-refractivity contribution in [1.29, 1.82) is 0 Å². The third-order valence-electron chi connectivity index (χ3n) is 3.77. The van der Waals surface area contributed by atoms with Gasteiger partial charge in [-0.1, -0.05) is 36.0 Å². The summed E-state index contributed by atoms with van der Waals surface area (Å²) in [6.07, 6.45) is 0. The summed E-state index contributed by atoms with van der Waals surface area (Å²) in [6, 6.07) is 15.1. The van der Waals surface area contributed by atoms with Crippen molar-refractivity contribution in [1.82, 2.24) is 20.2 Å². The summed E-state index contributed by atoms with van der Waals surface area (Å²) >= 11 is 1.30. The molecule has 134 valence electrons. The minimum Gasteiger partial charge on any atom is -0.497 e. The van der Waals surface area contributed by atoms with Crippen molar-refractivity contribution >= 4 is 23.4 Å². The van der Waals surface area contributed by atoms with E-state index in [1.54, 1.807) is 17.9 Å². The number of aryl methyl sites for hydroxylation is 1. The van der Waals surface area contributed by atoms with Gasteiger partial charge in [-0.2, -0.15) is 4.68 Å². The van der Waals surface area contributed by atoms with Gasteiger partial charge in [0.25, 0.3) is 0 Å².